The molecule has 0 amide bonds. The lowest BCUT2D eigenvalue weighted by Crippen LogP contribution is -2.18. The highest BCUT2D eigenvalue weighted by molar-refractivity contribution is 6.14. The zero-order valence-electron chi connectivity index (χ0n) is 18.2. The fourth-order valence-electron chi connectivity index (χ4n) is 4.05. The number of nitrogens with zero attached hydrogens (tertiary/aromatic N) is 1. The van der Waals surface area contributed by atoms with Crippen molar-refractivity contribution in [3.05, 3.63) is 93.8 Å². The average molecular weight is 445 g/mol. The summed E-state index contributed by atoms with van der Waals surface area (Å²) in [5.41, 5.74) is 12.7. The third-order valence-corrected chi connectivity index (χ3v) is 5.70. The summed E-state index contributed by atoms with van der Waals surface area (Å²) in [6, 6.07) is 18.5. The number of nitrogen functional groups attached to an aromatic ring is 1. The summed E-state index contributed by atoms with van der Waals surface area (Å²) < 4.78 is 13.6. The Bertz CT molecular complexity index is 1230. The summed E-state index contributed by atoms with van der Waals surface area (Å²) in [6.45, 7) is 1.44. The van der Waals surface area contributed by atoms with Crippen molar-refractivity contribution < 1.29 is 14.3 Å². The largest absolute Gasteiger partial charge is 0.483 e. The normalized spacial score (nSPS) is 14.2. The van der Waals surface area contributed by atoms with E-state index >= 15 is 0 Å². The van der Waals surface area contributed by atoms with E-state index < -0.39 is 0 Å². The number of benzene rings is 3. The minimum atomic E-state index is -0.287. The standard InChI is InChI=1S/C25H23FN4.CH2O2/c1-15-11-18(6-9-22(15)26)25(29)21-13-19(7-10-23(21)28)30-24-4-2-3-17-12-16(14-27)5-8-20(17)24;2-1-3/h5-13,24,29-30H,2-4,28H2,1H3;1H,(H,2,3). The summed E-state index contributed by atoms with van der Waals surface area (Å²) in [5, 5.41) is 28.2. The van der Waals surface area contributed by atoms with Gasteiger partial charge in [-0.05, 0) is 91.4 Å². The maximum absolute atomic E-state index is 13.6. The van der Waals surface area contributed by atoms with Crippen LogP contribution < -0.4 is 11.1 Å². The topological polar surface area (TPSA) is 123 Å². The fraction of sp³-hybridized carbons (Fsp3) is 0.192. The Kier molecular flexibility index (Phi) is 7.42. The van der Waals surface area contributed by atoms with Crippen LogP contribution in [0.5, 0.6) is 0 Å². The van der Waals surface area contributed by atoms with Crippen LogP contribution in [0.15, 0.2) is 54.6 Å². The highest BCUT2D eigenvalue weighted by Gasteiger charge is 2.21. The van der Waals surface area contributed by atoms with Crippen molar-refractivity contribution in [1.82, 2.24) is 0 Å². The zero-order chi connectivity index (χ0) is 24.0. The van der Waals surface area contributed by atoms with Gasteiger partial charge in [0.1, 0.15) is 5.82 Å². The number of rotatable bonds is 4. The van der Waals surface area contributed by atoms with E-state index in [4.69, 9.17) is 26.3 Å². The van der Waals surface area contributed by atoms with Gasteiger partial charge < -0.3 is 16.2 Å². The van der Waals surface area contributed by atoms with E-state index in [-0.39, 0.29) is 24.0 Å². The van der Waals surface area contributed by atoms with E-state index in [9.17, 15) is 4.39 Å². The van der Waals surface area contributed by atoms with Crippen molar-refractivity contribution in [2.45, 2.75) is 32.2 Å². The van der Waals surface area contributed by atoms with Crippen LogP contribution in [0.1, 0.15) is 52.3 Å². The van der Waals surface area contributed by atoms with Crippen LogP contribution in [-0.4, -0.2) is 17.3 Å². The third-order valence-electron chi connectivity index (χ3n) is 5.70. The van der Waals surface area contributed by atoms with Gasteiger partial charge in [0.25, 0.3) is 6.47 Å². The molecule has 1 aliphatic carbocycles. The molecule has 1 unspecified atom stereocenters. The van der Waals surface area contributed by atoms with Crippen LogP contribution in [0.2, 0.25) is 0 Å². The molecule has 0 spiro atoms. The van der Waals surface area contributed by atoms with Gasteiger partial charge in [0.2, 0.25) is 0 Å². The number of nitrogens with two attached hydrogens (primary N) is 1. The Morgan fingerprint density at radius 3 is 2.70 bits per heavy atom. The molecule has 168 valence electrons. The van der Waals surface area contributed by atoms with Crippen molar-refractivity contribution in [2.75, 3.05) is 11.1 Å². The van der Waals surface area contributed by atoms with E-state index in [1.807, 2.05) is 30.3 Å². The van der Waals surface area contributed by atoms with Gasteiger partial charge in [-0.25, -0.2) is 4.39 Å². The molecule has 7 heteroatoms. The molecule has 0 saturated heterocycles. The Labute approximate surface area is 192 Å². The Morgan fingerprint density at radius 1 is 1.24 bits per heavy atom. The first-order chi connectivity index (χ1) is 15.9. The number of anilines is 2. The molecule has 0 fully saturated rings. The zero-order valence-corrected chi connectivity index (χ0v) is 18.2. The van der Waals surface area contributed by atoms with Crippen molar-refractivity contribution in [3.8, 4) is 6.07 Å². The molecule has 33 heavy (non-hydrogen) atoms. The molecule has 1 aliphatic rings. The summed E-state index contributed by atoms with van der Waals surface area (Å²) in [6.07, 6.45) is 3.02. The maximum atomic E-state index is 13.6. The number of hydrogen-bond donors (Lipinski definition) is 4. The SMILES string of the molecule is Cc1cc(C(=N)c2cc(NC3CCCc4cc(C#N)ccc43)ccc2N)ccc1F.O=CO. The first-order valence-electron chi connectivity index (χ1n) is 10.5. The van der Waals surface area contributed by atoms with Gasteiger partial charge in [-0.15, -0.1) is 0 Å². The molecule has 0 aromatic heterocycles. The highest BCUT2D eigenvalue weighted by atomic mass is 19.1. The molecule has 0 heterocycles. The van der Waals surface area contributed by atoms with Crippen LogP contribution in [0.3, 0.4) is 0 Å². The van der Waals surface area contributed by atoms with Gasteiger partial charge in [0.05, 0.1) is 23.4 Å². The molecule has 4 rings (SSSR count). The smallest absolute Gasteiger partial charge is 0.290 e. The van der Waals surface area contributed by atoms with Crippen LogP contribution in [0.25, 0.3) is 0 Å². The van der Waals surface area contributed by atoms with E-state index in [0.717, 1.165) is 24.9 Å². The number of halogens is 1. The fourth-order valence-corrected chi connectivity index (χ4v) is 4.05. The number of carbonyl (C=O) groups is 1. The van der Waals surface area contributed by atoms with Crippen LogP contribution >= 0.6 is 0 Å². The predicted molar refractivity (Wildman–Crippen MR) is 127 cm³/mol. The highest BCUT2D eigenvalue weighted by Crippen LogP contribution is 2.34. The number of nitriles is 1. The molecule has 0 bridgehead atoms. The Hall–Kier alpha value is -4.18. The monoisotopic (exact) mass is 444 g/mol. The van der Waals surface area contributed by atoms with E-state index in [1.54, 1.807) is 25.1 Å². The molecular formula is C26H25FN4O2. The predicted octanol–water partition coefficient (Wildman–Crippen LogP) is 5.19. The average Bonchev–Trinajstić information content (AvgIpc) is 2.82. The van der Waals surface area contributed by atoms with Gasteiger partial charge in [-0.2, -0.15) is 5.26 Å². The summed E-state index contributed by atoms with van der Waals surface area (Å²) in [4.78, 5) is 8.36. The van der Waals surface area contributed by atoms with Crippen molar-refractivity contribution in [1.29, 1.82) is 10.7 Å². The van der Waals surface area contributed by atoms with Gasteiger partial charge >= 0.3 is 0 Å². The van der Waals surface area contributed by atoms with E-state index in [1.165, 1.54) is 17.2 Å². The lowest BCUT2D eigenvalue weighted by atomic mass is 9.86. The Morgan fingerprint density at radius 2 is 2.00 bits per heavy atom. The van der Waals surface area contributed by atoms with Crippen LogP contribution in [0.4, 0.5) is 15.8 Å². The first-order valence-corrected chi connectivity index (χ1v) is 10.5. The van der Waals surface area contributed by atoms with Gasteiger partial charge in [-0.1, -0.05) is 6.07 Å². The summed E-state index contributed by atoms with van der Waals surface area (Å²) in [7, 11) is 0. The molecule has 0 saturated carbocycles. The minimum absolute atomic E-state index is 0.139. The number of carboxylic acid groups (broad SMARTS) is 1. The van der Waals surface area contributed by atoms with E-state index in [0.29, 0.717) is 27.9 Å². The maximum Gasteiger partial charge on any atom is 0.290 e. The number of hydrogen-bond acceptors (Lipinski definition) is 5. The molecule has 3 aromatic rings. The van der Waals surface area contributed by atoms with Crippen molar-refractivity contribution >= 4 is 23.6 Å². The van der Waals surface area contributed by atoms with E-state index in [2.05, 4.69) is 11.4 Å². The quantitative estimate of drug-likeness (QED) is 0.250. The lowest BCUT2D eigenvalue weighted by Gasteiger charge is -2.28. The lowest BCUT2D eigenvalue weighted by molar-refractivity contribution is -0.122. The molecule has 6 nitrogen and oxygen atoms in total. The molecule has 5 N–H and O–H groups in total. The molecular weight excluding hydrogens is 419 g/mol. The second kappa shape index (κ2) is 10.4. The third kappa shape index (κ3) is 5.36. The molecule has 0 radical (unpaired) electrons. The summed E-state index contributed by atoms with van der Waals surface area (Å²) in [5.74, 6) is -0.287. The van der Waals surface area contributed by atoms with Gasteiger partial charge in [0, 0.05) is 22.5 Å². The minimum Gasteiger partial charge on any atom is -0.483 e. The molecule has 0 aliphatic heterocycles. The van der Waals surface area contributed by atoms with Crippen LogP contribution in [0, 0.1) is 29.5 Å². The van der Waals surface area contributed by atoms with Crippen molar-refractivity contribution in [2.24, 2.45) is 0 Å². The van der Waals surface area contributed by atoms with Crippen LogP contribution in [-0.2, 0) is 11.2 Å². The van der Waals surface area contributed by atoms with Gasteiger partial charge in [0.15, 0.2) is 0 Å². The number of aryl methyl sites for hydroxylation is 2. The van der Waals surface area contributed by atoms with Gasteiger partial charge in [-0.3, -0.25) is 10.2 Å². The first kappa shape index (κ1) is 23.5. The number of fused-ring (bicyclic) bond motifs is 1. The summed E-state index contributed by atoms with van der Waals surface area (Å²) >= 11 is 0. The second-order valence-corrected chi connectivity index (χ2v) is 7.86. The van der Waals surface area contributed by atoms with Crippen molar-refractivity contribution in [3.63, 3.8) is 0 Å². The Balaban J connectivity index is 0.000000968. The molecule has 3 aromatic carbocycles. The second-order valence-electron chi connectivity index (χ2n) is 7.86. The molecule has 1 atom stereocenters. The number of nitrogens with one attached hydrogen (secondary N) is 2.